The second-order valence-electron chi connectivity index (χ2n) is 5.60. The summed E-state index contributed by atoms with van der Waals surface area (Å²) in [6, 6.07) is 17.9. The molecule has 3 aromatic rings. The molecule has 0 amide bonds. The lowest BCUT2D eigenvalue weighted by Gasteiger charge is -2.26. The molecule has 0 radical (unpaired) electrons. The largest absolute Gasteiger partial charge is 0.495 e. The van der Waals surface area contributed by atoms with E-state index in [0.717, 1.165) is 22.2 Å². The first-order valence-corrected chi connectivity index (χ1v) is 7.77. The van der Waals surface area contributed by atoms with Crippen molar-refractivity contribution >= 4 is 23.3 Å². The van der Waals surface area contributed by atoms with Gasteiger partial charge in [-0.1, -0.05) is 42.5 Å². The van der Waals surface area contributed by atoms with Crippen LogP contribution >= 0.6 is 12.4 Å². The zero-order chi connectivity index (χ0) is 16.2. The lowest BCUT2D eigenvalue weighted by molar-refractivity contribution is 0.132. The number of nitrogens with zero attached hydrogens (tertiary/aromatic N) is 1. The molecule has 0 unspecified atom stereocenters. The van der Waals surface area contributed by atoms with Crippen LogP contribution in [0.1, 0.15) is 11.6 Å². The minimum absolute atomic E-state index is 0. The van der Waals surface area contributed by atoms with Crippen LogP contribution in [0.2, 0.25) is 0 Å². The van der Waals surface area contributed by atoms with Crippen molar-refractivity contribution < 1.29 is 9.84 Å². The summed E-state index contributed by atoms with van der Waals surface area (Å²) in [5.41, 5.74) is 2.07. The number of halogens is 1. The van der Waals surface area contributed by atoms with Gasteiger partial charge in [0, 0.05) is 18.1 Å². The molecule has 0 aliphatic rings. The number of ether oxygens (including phenoxy) is 1. The number of aliphatic hydroxyl groups excluding tert-OH is 1. The Kier molecular flexibility index (Phi) is 6.26. The topological polar surface area (TPSA) is 46.4 Å². The van der Waals surface area contributed by atoms with Crippen molar-refractivity contribution in [3.05, 3.63) is 66.4 Å². The predicted molar refractivity (Wildman–Crippen MR) is 100 cm³/mol. The van der Waals surface area contributed by atoms with Crippen molar-refractivity contribution in [2.24, 2.45) is 0 Å². The molecule has 0 saturated heterocycles. The van der Waals surface area contributed by atoms with Crippen LogP contribution in [0.5, 0.6) is 5.75 Å². The smallest absolute Gasteiger partial charge is 0.143 e. The number of benzene rings is 2. The highest BCUT2D eigenvalue weighted by Crippen LogP contribution is 2.33. The highest BCUT2D eigenvalue weighted by molar-refractivity contribution is 5.86. The summed E-state index contributed by atoms with van der Waals surface area (Å²) in [5, 5.41) is 14.9. The van der Waals surface area contributed by atoms with E-state index in [4.69, 9.17) is 4.74 Å². The molecule has 0 spiro atoms. The van der Waals surface area contributed by atoms with Crippen molar-refractivity contribution in [2.45, 2.75) is 12.1 Å². The number of likely N-dealkylation sites (N-methyl/N-ethyl adjacent to an activating group) is 1. The number of aromatic nitrogens is 1. The average molecular weight is 347 g/mol. The summed E-state index contributed by atoms with van der Waals surface area (Å²) in [6.07, 6.45) is 1.46. The Bertz CT molecular complexity index is 773. The molecule has 24 heavy (non-hydrogen) atoms. The number of para-hydroxylation sites is 1. The zero-order valence-electron chi connectivity index (χ0n) is 13.8. The van der Waals surface area contributed by atoms with Gasteiger partial charge in [-0.25, -0.2) is 0 Å². The van der Waals surface area contributed by atoms with Crippen molar-refractivity contribution in [1.29, 1.82) is 0 Å². The monoisotopic (exact) mass is 346 g/mol. The molecule has 0 fully saturated rings. The highest BCUT2D eigenvalue weighted by atomic mass is 35.5. The number of hydrogen-bond donors (Lipinski definition) is 2. The SMILES string of the molecule is CNC[C@@H](O)[C@H](c1ccccc1)n1ccc2cccc(OC)c21.Cl. The van der Waals surface area contributed by atoms with E-state index in [1.165, 1.54) is 0 Å². The van der Waals surface area contributed by atoms with Gasteiger partial charge >= 0.3 is 0 Å². The van der Waals surface area contributed by atoms with Crippen LogP contribution in [0, 0.1) is 0 Å². The number of methoxy groups -OCH3 is 1. The fourth-order valence-electron chi connectivity index (χ4n) is 3.12. The van der Waals surface area contributed by atoms with E-state index in [1.54, 1.807) is 7.11 Å². The number of aliphatic hydroxyl groups is 1. The summed E-state index contributed by atoms with van der Waals surface area (Å²) in [7, 11) is 3.52. The third-order valence-corrected chi connectivity index (χ3v) is 4.14. The lowest BCUT2D eigenvalue weighted by Crippen LogP contribution is -2.33. The maximum absolute atomic E-state index is 10.7. The first kappa shape index (κ1) is 18.3. The third-order valence-electron chi connectivity index (χ3n) is 4.14. The Morgan fingerprint density at radius 3 is 2.50 bits per heavy atom. The normalized spacial score (nSPS) is 13.3. The molecule has 4 nitrogen and oxygen atoms in total. The van der Waals surface area contributed by atoms with Gasteiger partial charge in [-0.3, -0.25) is 0 Å². The standard InChI is InChI=1S/C19H22N2O2.ClH/c1-20-13-16(22)18(14-7-4-3-5-8-14)21-12-11-15-9-6-10-17(23-2)19(15)21;/h3-12,16,18,20,22H,13H2,1-2H3;1H/t16-,18+;/m1./s1. The maximum Gasteiger partial charge on any atom is 0.143 e. The van der Waals surface area contributed by atoms with Crippen molar-refractivity contribution in [2.75, 3.05) is 20.7 Å². The van der Waals surface area contributed by atoms with Gasteiger partial charge in [-0.2, -0.15) is 0 Å². The molecule has 3 rings (SSSR count). The third kappa shape index (κ3) is 3.41. The fraction of sp³-hybridized carbons (Fsp3) is 0.263. The quantitative estimate of drug-likeness (QED) is 0.720. The first-order chi connectivity index (χ1) is 11.3. The number of nitrogens with one attached hydrogen (secondary N) is 1. The van der Waals surface area contributed by atoms with Gasteiger partial charge in [-0.05, 0) is 24.7 Å². The van der Waals surface area contributed by atoms with Gasteiger partial charge < -0.3 is 19.7 Å². The molecule has 2 N–H and O–H groups in total. The van der Waals surface area contributed by atoms with Gasteiger partial charge in [0.2, 0.25) is 0 Å². The first-order valence-electron chi connectivity index (χ1n) is 7.77. The minimum atomic E-state index is -0.553. The number of hydrogen-bond acceptors (Lipinski definition) is 3. The van der Waals surface area contributed by atoms with Gasteiger partial charge in [-0.15, -0.1) is 12.4 Å². The maximum atomic E-state index is 10.7. The van der Waals surface area contributed by atoms with Gasteiger partial charge in [0.05, 0.1) is 24.8 Å². The molecule has 1 aromatic heterocycles. The van der Waals surface area contributed by atoms with Crippen molar-refractivity contribution in [1.82, 2.24) is 9.88 Å². The van der Waals surface area contributed by atoms with Crippen LogP contribution in [0.3, 0.4) is 0 Å². The molecule has 0 saturated carbocycles. The molecular formula is C19H23ClN2O2. The van der Waals surface area contributed by atoms with Crippen LogP contribution in [0.15, 0.2) is 60.8 Å². The second-order valence-corrected chi connectivity index (χ2v) is 5.60. The molecule has 128 valence electrons. The van der Waals surface area contributed by atoms with Gasteiger partial charge in [0.15, 0.2) is 0 Å². The highest BCUT2D eigenvalue weighted by Gasteiger charge is 2.24. The van der Waals surface area contributed by atoms with Crippen LogP contribution < -0.4 is 10.1 Å². The second kappa shape index (κ2) is 8.20. The van der Waals surface area contributed by atoms with Gasteiger partial charge in [0.25, 0.3) is 0 Å². The molecule has 5 heteroatoms. The molecule has 0 bridgehead atoms. The Labute approximate surface area is 148 Å². The van der Waals surface area contributed by atoms with Crippen molar-refractivity contribution in [3.63, 3.8) is 0 Å². The minimum Gasteiger partial charge on any atom is -0.495 e. The van der Waals surface area contributed by atoms with E-state index >= 15 is 0 Å². The molecule has 0 aliphatic carbocycles. The number of rotatable bonds is 6. The molecular weight excluding hydrogens is 324 g/mol. The molecule has 1 heterocycles. The lowest BCUT2D eigenvalue weighted by atomic mass is 10.0. The summed E-state index contributed by atoms with van der Waals surface area (Å²) in [5.74, 6) is 0.810. The zero-order valence-corrected chi connectivity index (χ0v) is 14.7. The Morgan fingerprint density at radius 2 is 1.83 bits per heavy atom. The Morgan fingerprint density at radius 1 is 1.08 bits per heavy atom. The van der Waals surface area contributed by atoms with E-state index in [1.807, 2.05) is 55.7 Å². The molecule has 2 aromatic carbocycles. The van der Waals surface area contributed by atoms with Crippen LogP contribution in [-0.2, 0) is 0 Å². The van der Waals surface area contributed by atoms with E-state index in [2.05, 4.69) is 22.0 Å². The van der Waals surface area contributed by atoms with Crippen LogP contribution in [0.25, 0.3) is 10.9 Å². The van der Waals surface area contributed by atoms with E-state index in [0.29, 0.717) is 6.54 Å². The van der Waals surface area contributed by atoms with Gasteiger partial charge in [0.1, 0.15) is 5.75 Å². The molecule has 2 atom stereocenters. The van der Waals surface area contributed by atoms with E-state index in [9.17, 15) is 5.11 Å². The van der Waals surface area contributed by atoms with Crippen LogP contribution in [0.4, 0.5) is 0 Å². The summed E-state index contributed by atoms with van der Waals surface area (Å²) < 4.78 is 7.64. The van der Waals surface area contributed by atoms with Crippen molar-refractivity contribution in [3.8, 4) is 5.75 Å². The molecule has 0 aliphatic heterocycles. The number of fused-ring (bicyclic) bond motifs is 1. The predicted octanol–water partition coefficient (Wildman–Crippen LogP) is 3.24. The fourth-order valence-corrected chi connectivity index (χ4v) is 3.12. The Balaban J connectivity index is 0.00000208. The van der Waals surface area contributed by atoms with Crippen LogP contribution in [-0.4, -0.2) is 36.5 Å². The summed E-state index contributed by atoms with van der Waals surface area (Å²) in [6.45, 7) is 0.508. The Hall–Kier alpha value is -2.01. The van der Waals surface area contributed by atoms with E-state index < -0.39 is 6.10 Å². The summed E-state index contributed by atoms with van der Waals surface area (Å²) in [4.78, 5) is 0. The average Bonchev–Trinajstić information content (AvgIpc) is 3.00. The van der Waals surface area contributed by atoms with E-state index in [-0.39, 0.29) is 18.4 Å². The summed E-state index contributed by atoms with van der Waals surface area (Å²) >= 11 is 0.